The number of hydrogen-bond acceptors (Lipinski definition) is 3. The molecule has 3 heterocycles. The van der Waals surface area contributed by atoms with Crippen molar-refractivity contribution in [3.8, 4) is 46.0 Å². The molecule has 222 valence electrons. The van der Waals surface area contributed by atoms with E-state index in [1.807, 2.05) is 54.6 Å². The van der Waals surface area contributed by atoms with Gasteiger partial charge in [0, 0.05) is 21.5 Å². The van der Waals surface area contributed by atoms with Gasteiger partial charge in [0.1, 0.15) is 11.6 Å². The summed E-state index contributed by atoms with van der Waals surface area (Å²) < 4.78 is 4.45. The summed E-state index contributed by atoms with van der Waals surface area (Å²) in [5, 5.41) is 23.8. The van der Waals surface area contributed by atoms with E-state index in [0.717, 1.165) is 77.5 Å². The lowest BCUT2D eigenvalue weighted by Crippen LogP contribution is -2.04. The van der Waals surface area contributed by atoms with Crippen LogP contribution in [0.2, 0.25) is 0 Å². The summed E-state index contributed by atoms with van der Waals surface area (Å²) in [7, 11) is 0. The van der Waals surface area contributed by atoms with E-state index in [1.54, 1.807) is 0 Å². The van der Waals surface area contributed by atoms with Crippen molar-refractivity contribution in [1.29, 1.82) is 10.5 Å². The van der Waals surface area contributed by atoms with Crippen molar-refractivity contribution in [2.24, 2.45) is 0 Å². The monoisotopic (exact) mass is 611 g/mol. The van der Waals surface area contributed by atoms with Crippen LogP contribution in [0.25, 0.3) is 77.5 Å². The number of fused-ring (bicyclic) bond motifs is 6. The molecule has 48 heavy (non-hydrogen) atoms. The van der Waals surface area contributed by atoms with Crippen LogP contribution in [0.4, 0.5) is 0 Å². The predicted molar refractivity (Wildman–Crippen MR) is 193 cm³/mol. The molecule has 9 aromatic rings. The van der Waals surface area contributed by atoms with E-state index in [2.05, 4.69) is 118 Å². The summed E-state index contributed by atoms with van der Waals surface area (Å²) in [5.41, 5.74) is 9.40. The number of pyridine rings is 1. The average molecular weight is 612 g/mol. The lowest BCUT2D eigenvalue weighted by molar-refractivity contribution is 1.01. The second kappa shape index (κ2) is 10.8. The van der Waals surface area contributed by atoms with Gasteiger partial charge in [0.25, 0.3) is 0 Å². The summed E-state index contributed by atoms with van der Waals surface area (Å²) in [6.45, 7) is 0. The van der Waals surface area contributed by atoms with Gasteiger partial charge in [0.05, 0.1) is 45.3 Å². The van der Waals surface area contributed by atoms with Gasteiger partial charge >= 0.3 is 0 Å². The van der Waals surface area contributed by atoms with Gasteiger partial charge < -0.3 is 0 Å². The Balaban J connectivity index is 1.40. The highest BCUT2D eigenvalue weighted by molar-refractivity contribution is 6.10. The lowest BCUT2D eigenvalue weighted by Gasteiger charge is -2.16. The van der Waals surface area contributed by atoms with Crippen molar-refractivity contribution in [3.05, 3.63) is 163 Å². The largest absolute Gasteiger partial charge is 0.294 e. The Morgan fingerprint density at radius 2 is 0.875 bits per heavy atom. The predicted octanol–water partition coefficient (Wildman–Crippen LogP) is 10.4. The molecule has 0 aliphatic carbocycles. The zero-order chi connectivity index (χ0) is 32.2. The van der Waals surface area contributed by atoms with Gasteiger partial charge in [-0.2, -0.15) is 10.5 Å². The van der Waals surface area contributed by atoms with Crippen LogP contribution in [0, 0.1) is 22.7 Å². The molecular weight excluding hydrogens is 587 g/mol. The normalized spacial score (nSPS) is 11.3. The van der Waals surface area contributed by atoms with E-state index in [1.165, 1.54) is 0 Å². The molecule has 0 aliphatic heterocycles. The second-order valence-corrected chi connectivity index (χ2v) is 11.9. The molecule has 0 radical (unpaired) electrons. The number of nitrogens with zero attached hydrogens (tertiary/aromatic N) is 5. The Morgan fingerprint density at radius 1 is 0.396 bits per heavy atom. The Hall–Kier alpha value is -6.95. The van der Waals surface area contributed by atoms with Gasteiger partial charge in [-0.05, 0) is 82.9 Å². The number of nitriles is 2. The maximum absolute atomic E-state index is 9.73. The first-order chi connectivity index (χ1) is 23.7. The van der Waals surface area contributed by atoms with Crippen molar-refractivity contribution in [2.75, 3.05) is 0 Å². The molecule has 6 aromatic carbocycles. The molecule has 0 saturated carbocycles. The third-order valence-corrected chi connectivity index (χ3v) is 9.18. The zero-order valence-electron chi connectivity index (χ0n) is 25.7. The molecule has 0 unspecified atom stereocenters. The fraction of sp³-hybridized carbons (Fsp3) is 0. The third kappa shape index (κ3) is 4.20. The van der Waals surface area contributed by atoms with E-state index in [4.69, 9.17) is 4.98 Å². The van der Waals surface area contributed by atoms with E-state index >= 15 is 0 Å². The van der Waals surface area contributed by atoms with Crippen LogP contribution in [0.1, 0.15) is 11.1 Å². The fourth-order valence-corrected chi connectivity index (χ4v) is 7.09. The Morgan fingerprint density at radius 3 is 1.46 bits per heavy atom. The van der Waals surface area contributed by atoms with Crippen molar-refractivity contribution >= 4 is 43.6 Å². The molecule has 3 aromatic heterocycles. The van der Waals surface area contributed by atoms with Gasteiger partial charge in [0.15, 0.2) is 0 Å². The average Bonchev–Trinajstić information content (AvgIpc) is 3.67. The minimum absolute atomic E-state index is 0.616. The minimum atomic E-state index is 0.616. The molecule has 5 nitrogen and oxygen atoms in total. The van der Waals surface area contributed by atoms with Crippen LogP contribution in [0.15, 0.2) is 152 Å². The summed E-state index contributed by atoms with van der Waals surface area (Å²) in [6, 6.07) is 56.0. The van der Waals surface area contributed by atoms with Gasteiger partial charge in [-0.25, -0.2) is 4.98 Å². The Bertz CT molecular complexity index is 2770. The van der Waals surface area contributed by atoms with E-state index in [9.17, 15) is 10.5 Å². The standard InChI is InChI=1S/C43H25N5/c44-26-28-10-9-11-30(22-28)32-12-1-2-13-33(32)31-24-42(47-38-17-6-3-14-34(38)35-15-4-7-18-39(35)47)46-43(25-31)48-40-19-8-5-16-36(40)37-23-29(27-45)20-21-41(37)48/h1-25H. The quantitative estimate of drug-likeness (QED) is 0.199. The summed E-state index contributed by atoms with van der Waals surface area (Å²) in [4.78, 5) is 5.43. The molecule has 0 atom stereocenters. The van der Waals surface area contributed by atoms with E-state index < -0.39 is 0 Å². The van der Waals surface area contributed by atoms with Crippen molar-refractivity contribution in [2.45, 2.75) is 0 Å². The van der Waals surface area contributed by atoms with Gasteiger partial charge in [-0.1, -0.05) is 91.0 Å². The highest BCUT2D eigenvalue weighted by atomic mass is 15.1. The second-order valence-electron chi connectivity index (χ2n) is 11.9. The Kier molecular flexibility index (Phi) is 6.18. The van der Waals surface area contributed by atoms with Gasteiger partial charge in [0.2, 0.25) is 0 Å². The topological polar surface area (TPSA) is 70.3 Å². The maximum atomic E-state index is 9.73. The number of aromatic nitrogens is 3. The highest BCUT2D eigenvalue weighted by Crippen LogP contribution is 2.39. The first-order valence-corrected chi connectivity index (χ1v) is 15.8. The first kappa shape index (κ1) is 27.4. The number of para-hydroxylation sites is 3. The van der Waals surface area contributed by atoms with Crippen LogP contribution < -0.4 is 0 Å². The van der Waals surface area contributed by atoms with Crippen molar-refractivity contribution < 1.29 is 0 Å². The molecule has 0 fully saturated rings. The van der Waals surface area contributed by atoms with Crippen LogP contribution in [-0.2, 0) is 0 Å². The molecule has 0 bridgehead atoms. The lowest BCUT2D eigenvalue weighted by atomic mass is 9.94. The SMILES string of the molecule is N#Cc1cccc(-c2ccccc2-c2cc(-n3c4ccccc4c4ccccc43)nc(-n3c4ccccc4c4cc(C#N)ccc43)c2)c1. The molecule has 0 saturated heterocycles. The molecule has 5 heteroatoms. The highest BCUT2D eigenvalue weighted by Gasteiger charge is 2.19. The molecule has 0 N–H and O–H groups in total. The number of benzene rings is 6. The fourth-order valence-electron chi connectivity index (χ4n) is 7.09. The third-order valence-electron chi connectivity index (χ3n) is 9.18. The smallest absolute Gasteiger partial charge is 0.140 e. The molecule has 9 rings (SSSR count). The number of hydrogen-bond donors (Lipinski definition) is 0. The van der Waals surface area contributed by atoms with Crippen LogP contribution in [0.3, 0.4) is 0 Å². The minimum Gasteiger partial charge on any atom is -0.294 e. The summed E-state index contributed by atoms with van der Waals surface area (Å²) >= 11 is 0. The maximum Gasteiger partial charge on any atom is 0.140 e. The number of rotatable bonds is 4. The summed E-state index contributed by atoms with van der Waals surface area (Å²) in [5.74, 6) is 1.56. The zero-order valence-corrected chi connectivity index (χ0v) is 25.7. The first-order valence-electron chi connectivity index (χ1n) is 15.8. The molecule has 0 aliphatic rings. The van der Waals surface area contributed by atoms with Crippen LogP contribution in [-0.4, -0.2) is 14.1 Å². The van der Waals surface area contributed by atoms with Crippen molar-refractivity contribution in [3.63, 3.8) is 0 Å². The molecule has 0 spiro atoms. The van der Waals surface area contributed by atoms with Gasteiger partial charge in [-0.3, -0.25) is 9.13 Å². The van der Waals surface area contributed by atoms with Crippen molar-refractivity contribution in [1.82, 2.24) is 14.1 Å². The van der Waals surface area contributed by atoms with E-state index in [0.29, 0.717) is 11.1 Å². The Labute approximate surface area is 276 Å². The van der Waals surface area contributed by atoms with Gasteiger partial charge in [-0.15, -0.1) is 0 Å². The van der Waals surface area contributed by atoms with Crippen LogP contribution in [0.5, 0.6) is 0 Å². The molecular formula is C43H25N5. The van der Waals surface area contributed by atoms with E-state index in [-0.39, 0.29) is 0 Å². The molecule has 0 amide bonds. The summed E-state index contributed by atoms with van der Waals surface area (Å²) in [6.07, 6.45) is 0. The van der Waals surface area contributed by atoms with Crippen LogP contribution >= 0.6 is 0 Å².